The summed E-state index contributed by atoms with van der Waals surface area (Å²) in [4.78, 5) is 25.6. The van der Waals surface area contributed by atoms with E-state index in [1.807, 2.05) is 18.7 Å². The molecule has 156 valence electrons. The van der Waals surface area contributed by atoms with Gasteiger partial charge < -0.3 is 25.0 Å². The van der Waals surface area contributed by atoms with Crippen molar-refractivity contribution < 1.29 is 19.4 Å². The van der Waals surface area contributed by atoms with E-state index >= 15 is 4.39 Å². The van der Waals surface area contributed by atoms with Crippen molar-refractivity contribution in [1.82, 2.24) is 9.88 Å². The largest absolute Gasteiger partial charge is 0.465 e. The molecule has 8 heteroatoms. The number of nitrogens with zero attached hydrogens (tertiary/aromatic N) is 2. The fourth-order valence-corrected chi connectivity index (χ4v) is 4.64. The Bertz CT molecular complexity index is 1030. The molecular weight excluding hydrogens is 377 g/mol. The van der Waals surface area contributed by atoms with Gasteiger partial charge in [0.15, 0.2) is 0 Å². The molecule has 7 nitrogen and oxygen atoms in total. The van der Waals surface area contributed by atoms with E-state index in [9.17, 15) is 14.7 Å². The number of carboxylic acid groups (broad SMARTS) is 1. The molecule has 4 rings (SSSR count). The fraction of sp³-hybridized carbons (Fsp3) is 0.524. The summed E-state index contributed by atoms with van der Waals surface area (Å²) in [7, 11) is 0. The normalized spacial score (nSPS) is 20.3. The predicted molar refractivity (Wildman–Crippen MR) is 108 cm³/mol. The van der Waals surface area contributed by atoms with Crippen LogP contribution in [0.15, 0.2) is 16.9 Å². The number of aliphatic hydroxyl groups is 1. The molecule has 2 atom stereocenters. The van der Waals surface area contributed by atoms with Gasteiger partial charge in [-0.2, -0.15) is 0 Å². The minimum absolute atomic E-state index is 0.0787. The van der Waals surface area contributed by atoms with Crippen molar-refractivity contribution in [3.63, 3.8) is 0 Å². The summed E-state index contributed by atoms with van der Waals surface area (Å²) in [6.07, 6.45) is 1.53. The molecule has 1 amide bonds. The van der Waals surface area contributed by atoms with Crippen molar-refractivity contribution in [3.05, 3.63) is 39.4 Å². The van der Waals surface area contributed by atoms with Gasteiger partial charge in [0.1, 0.15) is 5.82 Å². The van der Waals surface area contributed by atoms with Gasteiger partial charge in [-0.15, -0.1) is 0 Å². The first-order valence-electron chi connectivity index (χ1n) is 10.0. The average Bonchev–Trinajstić information content (AvgIpc) is 3.37. The molecule has 1 saturated carbocycles. The van der Waals surface area contributed by atoms with E-state index < -0.39 is 6.09 Å². The highest BCUT2D eigenvalue weighted by atomic mass is 19.1. The van der Waals surface area contributed by atoms with E-state index in [4.69, 9.17) is 5.11 Å². The van der Waals surface area contributed by atoms with Gasteiger partial charge in [0, 0.05) is 36.6 Å². The first-order valence-corrected chi connectivity index (χ1v) is 10.0. The summed E-state index contributed by atoms with van der Waals surface area (Å²) in [5, 5.41) is 21.7. The highest BCUT2D eigenvalue weighted by Crippen LogP contribution is 2.41. The number of carbonyl (C=O) groups is 1. The number of aromatic nitrogens is 1. The van der Waals surface area contributed by atoms with Crippen LogP contribution in [-0.4, -0.2) is 40.0 Å². The van der Waals surface area contributed by atoms with Crippen LogP contribution in [0.25, 0.3) is 10.9 Å². The zero-order chi connectivity index (χ0) is 20.9. The molecule has 0 spiro atoms. The number of pyridine rings is 1. The van der Waals surface area contributed by atoms with Gasteiger partial charge in [-0.1, -0.05) is 0 Å². The van der Waals surface area contributed by atoms with Gasteiger partial charge in [0.05, 0.1) is 17.8 Å². The first-order chi connectivity index (χ1) is 13.8. The molecule has 1 aliphatic carbocycles. The van der Waals surface area contributed by atoms with E-state index in [0.717, 1.165) is 19.3 Å². The van der Waals surface area contributed by atoms with Gasteiger partial charge in [0.25, 0.3) is 5.56 Å². The maximum Gasteiger partial charge on any atom is 0.404 e. The molecule has 0 radical (unpaired) electrons. The standard InChI is InChI=1S/C21H26FN3O4/c1-11-19-16(14(10-26)7-18(27)25(19)15-3-4-15)8-17(22)20(11)24-6-5-13(9-24)12(2)23-21(28)29/h7-8,12-13,15,23,26H,3-6,9-10H2,1-2H3,(H,28,29)/t12-,13+/m0/s1. The number of halogens is 1. The fourth-order valence-electron chi connectivity index (χ4n) is 4.64. The zero-order valence-corrected chi connectivity index (χ0v) is 16.6. The van der Waals surface area contributed by atoms with Crippen LogP contribution in [0, 0.1) is 18.7 Å². The van der Waals surface area contributed by atoms with Crippen LogP contribution in [0.1, 0.15) is 43.4 Å². The Balaban J connectivity index is 1.79. The number of anilines is 1. The van der Waals surface area contributed by atoms with Crippen LogP contribution in [0.5, 0.6) is 0 Å². The smallest absolute Gasteiger partial charge is 0.404 e. The second kappa shape index (κ2) is 7.33. The van der Waals surface area contributed by atoms with Gasteiger partial charge in [-0.3, -0.25) is 4.79 Å². The summed E-state index contributed by atoms with van der Waals surface area (Å²) >= 11 is 0. The molecule has 2 heterocycles. The number of rotatable bonds is 5. The lowest BCUT2D eigenvalue weighted by Gasteiger charge is -2.26. The number of aliphatic hydroxyl groups excluding tert-OH is 1. The van der Waals surface area contributed by atoms with E-state index in [-0.39, 0.29) is 36.0 Å². The third kappa shape index (κ3) is 3.46. The Morgan fingerprint density at radius 1 is 1.34 bits per heavy atom. The minimum Gasteiger partial charge on any atom is -0.465 e. The van der Waals surface area contributed by atoms with Crippen LogP contribution in [0.3, 0.4) is 0 Å². The number of aryl methyl sites for hydroxylation is 1. The highest BCUT2D eigenvalue weighted by Gasteiger charge is 2.33. The van der Waals surface area contributed by atoms with E-state index in [0.29, 0.717) is 40.8 Å². The van der Waals surface area contributed by atoms with Gasteiger partial charge in [-0.25, -0.2) is 9.18 Å². The summed E-state index contributed by atoms with van der Waals surface area (Å²) in [5.74, 6) is -0.305. The minimum atomic E-state index is -1.06. The maximum absolute atomic E-state index is 15.2. The average molecular weight is 403 g/mol. The number of hydrogen-bond donors (Lipinski definition) is 3. The maximum atomic E-state index is 15.2. The van der Waals surface area contributed by atoms with Gasteiger partial charge >= 0.3 is 6.09 Å². The monoisotopic (exact) mass is 403 g/mol. The van der Waals surface area contributed by atoms with E-state index in [1.54, 1.807) is 4.57 Å². The SMILES string of the molecule is Cc1c(N2CC[C@@H]([C@H](C)NC(=O)O)C2)c(F)cc2c(CO)cc(=O)n(C3CC3)c12. The lowest BCUT2D eigenvalue weighted by molar-refractivity contribution is 0.186. The summed E-state index contributed by atoms with van der Waals surface area (Å²) < 4.78 is 17.0. The van der Waals surface area contributed by atoms with Crippen LogP contribution in [0.2, 0.25) is 0 Å². The van der Waals surface area contributed by atoms with Crippen LogP contribution in [0.4, 0.5) is 14.9 Å². The third-order valence-corrected chi connectivity index (χ3v) is 6.27. The number of nitrogens with one attached hydrogen (secondary N) is 1. The van der Waals surface area contributed by atoms with E-state index in [1.165, 1.54) is 12.1 Å². The van der Waals surface area contributed by atoms with Crippen molar-refractivity contribution in [2.24, 2.45) is 5.92 Å². The molecule has 1 aliphatic heterocycles. The summed E-state index contributed by atoms with van der Waals surface area (Å²) in [6.45, 7) is 4.49. The molecular formula is C21H26FN3O4. The molecule has 1 aromatic carbocycles. The lowest BCUT2D eigenvalue weighted by Crippen LogP contribution is -2.38. The number of amides is 1. The number of hydrogen-bond acceptors (Lipinski definition) is 4. The molecule has 2 aliphatic rings. The first kappa shape index (κ1) is 19.7. The second-order valence-electron chi connectivity index (χ2n) is 8.23. The Morgan fingerprint density at radius 3 is 2.69 bits per heavy atom. The van der Waals surface area contributed by atoms with Crippen molar-refractivity contribution >= 4 is 22.7 Å². The van der Waals surface area contributed by atoms with E-state index in [2.05, 4.69) is 5.32 Å². The van der Waals surface area contributed by atoms with Crippen molar-refractivity contribution in [3.8, 4) is 0 Å². The second-order valence-corrected chi connectivity index (χ2v) is 8.23. The topological polar surface area (TPSA) is 94.8 Å². The van der Waals surface area contributed by atoms with Crippen LogP contribution >= 0.6 is 0 Å². The van der Waals surface area contributed by atoms with Crippen LogP contribution < -0.4 is 15.8 Å². The Hall–Kier alpha value is -2.61. The Morgan fingerprint density at radius 2 is 2.07 bits per heavy atom. The Labute approximate surface area is 167 Å². The highest BCUT2D eigenvalue weighted by molar-refractivity contribution is 5.90. The molecule has 29 heavy (non-hydrogen) atoms. The molecule has 0 unspecified atom stereocenters. The molecule has 1 saturated heterocycles. The van der Waals surface area contributed by atoms with Crippen molar-refractivity contribution in [2.75, 3.05) is 18.0 Å². The molecule has 3 N–H and O–H groups in total. The summed E-state index contributed by atoms with van der Waals surface area (Å²) in [6, 6.07) is 2.73. The van der Waals surface area contributed by atoms with Crippen LogP contribution in [-0.2, 0) is 6.61 Å². The Kier molecular flexibility index (Phi) is 4.98. The van der Waals surface area contributed by atoms with Gasteiger partial charge in [-0.05, 0) is 56.2 Å². The number of benzene rings is 1. The lowest BCUT2D eigenvalue weighted by atomic mass is 10.0. The molecule has 1 aromatic heterocycles. The predicted octanol–water partition coefficient (Wildman–Crippen LogP) is 2.76. The quantitative estimate of drug-likeness (QED) is 0.714. The van der Waals surface area contributed by atoms with Crippen molar-refractivity contribution in [1.29, 1.82) is 0 Å². The molecule has 2 aromatic rings. The van der Waals surface area contributed by atoms with Crippen molar-refractivity contribution in [2.45, 2.75) is 51.8 Å². The summed E-state index contributed by atoms with van der Waals surface area (Å²) in [5.41, 5.74) is 2.13. The molecule has 2 fully saturated rings. The third-order valence-electron chi connectivity index (χ3n) is 6.27. The number of fused-ring (bicyclic) bond motifs is 1. The molecule has 0 bridgehead atoms. The zero-order valence-electron chi connectivity index (χ0n) is 16.6. The van der Waals surface area contributed by atoms with Gasteiger partial charge in [0.2, 0.25) is 0 Å².